The number of aliphatic hydroxyl groups is 1. The molecular formula is C11H10OS. The Hall–Kier alpha value is -1.12. The molecule has 13 heavy (non-hydrogen) atoms. The molecule has 66 valence electrons. The average molecular weight is 190 g/mol. The van der Waals surface area contributed by atoms with Crippen LogP contribution in [-0.2, 0) is 0 Å². The minimum absolute atomic E-state index is 0.0977. The number of rotatable bonds is 2. The third kappa shape index (κ3) is 1.64. The number of hydrogen-bond acceptors (Lipinski definition) is 2. The summed E-state index contributed by atoms with van der Waals surface area (Å²) >= 11 is 1.74. The van der Waals surface area contributed by atoms with Gasteiger partial charge < -0.3 is 5.11 Å². The van der Waals surface area contributed by atoms with Crippen molar-refractivity contribution in [2.75, 3.05) is 6.61 Å². The molecule has 1 N–H and O–H groups in total. The van der Waals surface area contributed by atoms with Crippen LogP contribution in [-0.4, -0.2) is 11.7 Å². The predicted octanol–water partition coefficient (Wildman–Crippen LogP) is 2.91. The summed E-state index contributed by atoms with van der Waals surface area (Å²) in [5.74, 6) is 0. The minimum atomic E-state index is 0.0977. The van der Waals surface area contributed by atoms with Gasteiger partial charge in [-0.25, -0.2) is 0 Å². The minimum Gasteiger partial charge on any atom is -0.392 e. The van der Waals surface area contributed by atoms with Crippen molar-refractivity contribution < 1.29 is 5.11 Å². The first-order valence-electron chi connectivity index (χ1n) is 4.15. The lowest BCUT2D eigenvalue weighted by Crippen LogP contribution is -1.74. The number of benzene rings is 1. The van der Waals surface area contributed by atoms with Gasteiger partial charge in [0, 0.05) is 4.70 Å². The van der Waals surface area contributed by atoms with Crippen molar-refractivity contribution in [1.82, 2.24) is 0 Å². The van der Waals surface area contributed by atoms with Crippen LogP contribution in [0.2, 0.25) is 0 Å². The van der Waals surface area contributed by atoms with Gasteiger partial charge in [0.2, 0.25) is 0 Å². The first-order valence-corrected chi connectivity index (χ1v) is 5.03. The molecule has 0 saturated carbocycles. The Bertz CT molecular complexity index is 428. The molecule has 0 aliphatic rings. The molecular weight excluding hydrogens is 180 g/mol. The topological polar surface area (TPSA) is 20.2 Å². The zero-order valence-electron chi connectivity index (χ0n) is 7.10. The van der Waals surface area contributed by atoms with E-state index in [2.05, 4.69) is 23.6 Å². The highest BCUT2D eigenvalue weighted by atomic mass is 32.1. The number of aliphatic hydroxyl groups excluding tert-OH is 1. The molecule has 1 aromatic carbocycles. The molecule has 1 nitrogen and oxygen atoms in total. The standard InChI is InChI=1S/C11H10OS/c12-7-2-4-9-3-1-5-11-10(9)6-8-13-11/h1-6,8,12H,7H2. The van der Waals surface area contributed by atoms with Gasteiger partial charge in [-0.05, 0) is 28.5 Å². The zero-order chi connectivity index (χ0) is 9.10. The van der Waals surface area contributed by atoms with Gasteiger partial charge in [0.25, 0.3) is 0 Å². The molecule has 2 rings (SSSR count). The number of hydrogen-bond donors (Lipinski definition) is 1. The second kappa shape index (κ2) is 3.73. The van der Waals surface area contributed by atoms with Crippen LogP contribution in [0, 0.1) is 0 Å². The summed E-state index contributed by atoms with van der Waals surface area (Å²) in [4.78, 5) is 0. The normalized spacial score (nSPS) is 11.5. The fourth-order valence-corrected chi connectivity index (χ4v) is 2.16. The van der Waals surface area contributed by atoms with E-state index in [0.29, 0.717) is 0 Å². The van der Waals surface area contributed by atoms with E-state index in [1.165, 1.54) is 15.6 Å². The van der Waals surface area contributed by atoms with Crippen molar-refractivity contribution >= 4 is 27.5 Å². The van der Waals surface area contributed by atoms with E-state index in [4.69, 9.17) is 5.11 Å². The van der Waals surface area contributed by atoms with Crippen molar-refractivity contribution in [2.24, 2.45) is 0 Å². The Morgan fingerprint density at radius 3 is 3.08 bits per heavy atom. The van der Waals surface area contributed by atoms with Crippen molar-refractivity contribution in [3.63, 3.8) is 0 Å². The maximum absolute atomic E-state index is 8.67. The van der Waals surface area contributed by atoms with Crippen molar-refractivity contribution in [2.45, 2.75) is 0 Å². The average Bonchev–Trinajstić information content (AvgIpc) is 2.62. The van der Waals surface area contributed by atoms with E-state index < -0.39 is 0 Å². The highest BCUT2D eigenvalue weighted by Gasteiger charge is 1.97. The van der Waals surface area contributed by atoms with Gasteiger partial charge in [0.15, 0.2) is 0 Å². The van der Waals surface area contributed by atoms with Crippen molar-refractivity contribution in [3.05, 3.63) is 41.3 Å². The molecule has 0 fully saturated rings. The summed E-state index contributed by atoms with van der Waals surface area (Å²) in [7, 11) is 0. The van der Waals surface area contributed by atoms with E-state index in [1.54, 1.807) is 17.4 Å². The Morgan fingerprint density at radius 1 is 1.31 bits per heavy atom. The predicted molar refractivity (Wildman–Crippen MR) is 57.9 cm³/mol. The summed E-state index contributed by atoms with van der Waals surface area (Å²) in [5, 5.41) is 12.0. The van der Waals surface area contributed by atoms with Crippen LogP contribution in [0.3, 0.4) is 0 Å². The quantitative estimate of drug-likeness (QED) is 0.772. The monoisotopic (exact) mass is 190 g/mol. The van der Waals surface area contributed by atoms with Crippen LogP contribution >= 0.6 is 11.3 Å². The molecule has 0 atom stereocenters. The summed E-state index contributed by atoms with van der Waals surface area (Å²) in [5.41, 5.74) is 1.17. The highest BCUT2D eigenvalue weighted by molar-refractivity contribution is 7.17. The van der Waals surface area contributed by atoms with Gasteiger partial charge in [-0.2, -0.15) is 0 Å². The van der Waals surface area contributed by atoms with Gasteiger partial charge in [-0.15, -0.1) is 11.3 Å². The third-order valence-corrected chi connectivity index (χ3v) is 2.81. The maximum Gasteiger partial charge on any atom is 0.0615 e. The number of fused-ring (bicyclic) bond motifs is 1. The number of thiophene rings is 1. The Morgan fingerprint density at radius 2 is 2.23 bits per heavy atom. The molecule has 2 heteroatoms. The van der Waals surface area contributed by atoms with Crippen molar-refractivity contribution in [1.29, 1.82) is 0 Å². The first kappa shape index (κ1) is 8.48. The van der Waals surface area contributed by atoms with Crippen molar-refractivity contribution in [3.8, 4) is 0 Å². The van der Waals surface area contributed by atoms with Crippen LogP contribution in [0.1, 0.15) is 5.56 Å². The molecule has 1 heterocycles. The SMILES string of the molecule is OCC=Cc1cccc2sccc12. The van der Waals surface area contributed by atoms with Crippen LogP contribution < -0.4 is 0 Å². The molecule has 2 aromatic rings. The second-order valence-electron chi connectivity index (χ2n) is 2.76. The zero-order valence-corrected chi connectivity index (χ0v) is 7.92. The Balaban J connectivity index is 2.54. The fourth-order valence-electron chi connectivity index (χ4n) is 1.34. The largest absolute Gasteiger partial charge is 0.392 e. The maximum atomic E-state index is 8.67. The smallest absolute Gasteiger partial charge is 0.0615 e. The summed E-state index contributed by atoms with van der Waals surface area (Å²) in [6.45, 7) is 0.0977. The molecule has 0 radical (unpaired) electrons. The van der Waals surface area contributed by atoms with E-state index in [0.717, 1.165) is 0 Å². The molecule has 0 unspecified atom stereocenters. The molecule has 1 aromatic heterocycles. The lowest BCUT2D eigenvalue weighted by Gasteiger charge is -1.95. The van der Waals surface area contributed by atoms with Crippen LogP contribution in [0.25, 0.3) is 16.2 Å². The molecule has 0 bridgehead atoms. The fraction of sp³-hybridized carbons (Fsp3) is 0.0909. The van der Waals surface area contributed by atoms with E-state index in [9.17, 15) is 0 Å². The summed E-state index contributed by atoms with van der Waals surface area (Å²) in [6.07, 6.45) is 3.71. The molecule has 0 spiro atoms. The molecule has 0 aliphatic heterocycles. The highest BCUT2D eigenvalue weighted by Crippen LogP contribution is 2.24. The third-order valence-electron chi connectivity index (χ3n) is 1.93. The van der Waals surface area contributed by atoms with Gasteiger partial charge in [-0.3, -0.25) is 0 Å². The van der Waals surface area contributed by atoms with Crippen LogP contribution in [0.5, 0.6) is 0 Å². The Labute approximate surface area is 81.0 Å². The molecule has 0 amide bonds. The lowest BCUT2D eigenvalue weighted by atomic mass is 10.1. The molecule has 0 aliphatic carbocycles. The first-order chi connectivity index (χ1) is 6.42. The second-order valence-corrected chi connectivity index (χ2v) is 3.71. The van der Waals surface area contributed by atoms with E-state index in [1.807, 2.05) is 12.1 Å². The van der Waals surface area contributed by atoms with Crippen LogP contribution in [0.15, 0.2) is 35.7 Å². The van der Waals surface area contributed by atoms with Gasteiger partial charge in [-0.1, -0.05) is 24.3 Å². The van der Waals surface area contributed by atoms with Gasteiger partial charge in [0.05, 0.1) is 6.61 Å². The van der Waals surface area contributed by atoms with Crippen LogP contribution in [0.4, 0.5) is 0 Å². The lowest BCUT2D eigenvalue weighted by molar-refractivity contribution is 0.343. The van der Waals surface area contributed by atoms with E-state index >= 15 is 0 Å². The summed E-state index contributed by atoms with van der Waals surface area (Å²) < 4.78 is 1.29. The summed E-state index contributed by atoms with van der Waals surface area (Å²) in [6, 6.07) is 8.31. The van der Waals surface area contributed by atoms with Gasteiger partial charge >= 0.3 is 0 Å². The Kier molecular flexibility index (Phi) is 2.43. The van der Waals surface area contributed by atoms with E-state index in [-0.39, 0.29) is 6.61 Å². The molecule has 0 saturated heterocycles. The van der Waals surface area contributed by atoms with Gasteiger partial charge in [0.1, 0.15) is 0 Å².